The molecule has 4 aliphatic carbocycles. The van der Waals surface area contributed by atoms with Gasteiger partial charge in [-0.15, -0.1) is 0 Å². The molecule has 8 heteroatoms. The van der Waals surface area contributed by atoms with Crippen molar-refractivity contribution in [2.75, 3.05) is 13.1 Å². The third-order valence-electron chi connectivity index (χ3n) is 13.3. The van der Waals surface area contributed by atoms with Crippen LogP contribution >= 0.6 is 0 Å². The van der Waals surface area contributed by atoms with Crippen molar-refractivity contribution in [1.82, 2.24) is 5.32 Å². The number of nitrogens with one attached hydrogen (secondary N) is 2. The van der Waals surface area contributed by atoms with Gasteiger partial charge in [-0.05, 0) is 111 Å². The van der Waals surface area contributed by atoms with Gasteiger partial charge in [-0.1, -0.05) is 72.0 Å². The van der Waals surface area contributed by atoms with E-state index in [-0.39, 0.29) is 35.4 Å². The number of allylic oxidation sites excluding steroid dienone is 1. The summed E-state index contributed by atoms with van der Waals surface area (Å²) in [5.74, 6) is 5.16. The van der Waals surface area contributed by atoms with Crippen LogP contribution in [0.1, 0.15) is 144 Å². The van der Waals surface area contributed by atoms with Gasteiger partial charge in [0.25, 0.3) is 5.91 Å². The number of esters is 1. The number of nitrogens with two attached hydrogens (primary N) is 2. The first-order chi connectivity index (χ1) is 22.3. The van der Waals surface area contributed by atoms with E-state index in [0.717, 1.165) is 80.5 Å². The summed E-state index contributed by atoms with van der Waals surface area (Å²) in [6.45, 7) is 13.8. The highest BCUT2D eigenvalue weighted by Crippen LogP contribution is 2.67. The molecule has 4 aliphatic rings. The van der Waals surface area contributed by atoms with Crippen molar-refractivity contribution in [2.24, 2.45) is 57.8 Å². The van der Waals surface area contributed by atoms with Gasteiger partial charge in [0.2, 0.25) is 0 Å². The number of carbonyl (C=O) groups excluding carboxylic acids is 2. The lowest BCUT2D eigenvalue weighted by molar-refractivity contribution is -0.463. The second-order valence-corrected chi connectivity index (χ2v) is 17.0. The van der Waals surface area contributed by atoms with Crippen LogP contribution in [-0.2, 0) is 14.3 Å². The van der Waals surface area contributed by atoms with Crippen molar-refractivity contribution in [1.29, 1.82) is 0 Å². The minimum Gasteiger partial charge on any atom is -0.462 e. The van der Waals surface area contributed by atoms with E-state index in [1.165, 1.54) is 51.4 Å². The fourth-order valence-corrected chi connectivity index (χ4v) is 10.6. The van der Waals surface area contributed by atoms with Crippen molar-refractivity contribution in [3.8, 4) is 0 Å². The Kier molecular flexibility index (Phi) is 13.7. The Hall–Kier alpha value is -2.09. The summed E-state index contributed by atoms with van der Waals surface area (Å²) in [4.78, 5) is 27.9. The van der Waals surface area contributed by atoms with Gasteiger partial charge in [0, 0.05) is 25.8 Å². The summed E-state index contributed by atoms with van der Waals surface area (Å²) in [6, 6.07) is -0.292. The summed E-state index contributed by atoms with van der Waals surface area (Å²) in [7, 11) is 0. The number of ether oxygens (including phenoxy) is 1. The first-order valence-electron chi connectivity index (χ1n) is 19.5. The van der Waals surface area contributed by atoms with E-state index in [4.69, 9.17) is 16.2 Å². The highest BCUT2D eigenvalue weighted by atomic mass is 16.5. The van der Waals surface area contributed by atoms with Gasteiger partial charge in [-0.25, -0.2) is 0 Å². The normalized spacial score (nSPS) is 32.7. The molecule has 0 aromatic carbocycles. The molecule has 268 valence electrons. The number of guanidine groups is 1. The van der Waals surface area contributed by atoms with Crippen molar-refractivity contribution in [3.63, 3.8) is 0 Å². The standard InChI is InChI=1S/C39H69N5O3/c1-26(2)11-9-12-27(3)31-17-18-32-30-16-15-28-25-29(19-21-38(28,4)33(30)20-22-39(31,32)5)47-35(45)14-7-6-8-23-43-36(46)34(40)13-10-24-44-37(41)42/h15,26-27,29-34H,6-14,16-25,40H2,1-5H3,(H,43,46)(H4,41,42,44)/p+2/t27-,29+,30+,31-,32+,33+,34+,38+,39-/m1/s1. The molecule has 8 nitrogen and oxygen atoms in total. The van der Waals surface area contributed by atoms with Crippen LogP contribution in [0, 0.1) is 46.3 Å². The van der Waals surface area contributed by atoms with E-state index in [1.807, 2.05) is 0 Å². The molecule has 9 atom stereocenters. The van der Waals surface area contributed by atoms with E-state index in [0.29, 0.717) is 31.3 Å². The van der Waals surface area contributed by atoms with Crippen molar-refractivity contribution in [3.05, 3.63) is 11.6 Å². The average Bonchev–Trinajstić information content (AvgIpc) is 3.38. The topological polar surface area (TPSA) is 149 Å². The fraction of sp³-hybridized carbons (Fsp3) is 0.872. The van der Waals surface area contributed by atoms with Crippen LogP contribution < -0.4 is 27.5 Å². The molecule has 0 saturated heterocycles. The smallest absolute Gasteiger partial charge is 0.338 e. The molecule has 0 radical (unpaired) electrons. The van der Waals surface area contributed by atoms with Gasteiger partial charge in [-0.2, -0.15) is 0 Å². The lowest BCUT2D eigenvalue weighted by Crippen LogP contribution is -2.78. The zero-order valence-electron chi connectivity index (χ0n) is 30.7. The van der Waals surface area contributed by atoms with E-state index >= 15 is 0 Å². The average molecular weight is 658 g/mol. The predicted octanol–water partition coefficient (Wildman–Crippen LogP) is 4.36. The second kappa shape index (κ2) is 17.0. The molecule has 9 N–H and O–H groups in total. The van der Waals surface area contributed by atoms with Crippen LogP contribution in [-0.4, -0.2) is 43.1 Å². The lowest BCUT2D eigenvalue weighted by atomic mass is 9.47. The number of amides is 1. The molecule has 0 bridgehead atoms. The highest BCUT2D eigenvalue weighted by Gasteiger charge is 2.59. The molecule has 0 aliphatic heterocycles. The zero-order chi connectivity index (χ0) is 34.2. The van der Waals surface area contributed by atoms with Crippen LogP contribution in [0.2, 0.25) is 0 Å². The van der Waals surface area contributed by atoms with E-state index in [1.54, 1.807) is 5.57 Å². The summed E-state index contributed by atoms with van der Waals surface area (Å²) >= 11 is 0. The third kappa shape index (κ3) is 9.54. The molecule has 3 saturated carbocycles. The number of quaternary nitrogens is 1. The lowest BCUT2D eigenvalue weighted by Gasteiger charge is -2.58. The molecule has 0 spiro atoms. The summed E-state index contributed by atoms with van der Waals surface area (Å²) in [5, 5.41) is 2.97. The molecule has 3 fully saturated rings. The maximum atomic E-state index is 12.8. The van der Waals surface area contributed by atoms with Crippen molar-refractivity contribution >= 4 is 17.8 Å². The Labute approximate surface area is 286 Å². The molecule has 0 aromatic heterocycles. The molecular formula is C39H71N5O3+2. The Morgan fingerprint density at radius 1 is 0.979 bits per heavy atom. The predicted molar refractivity (Wildman–Crippen MR) is 190 cm³/mol. The molecule has 0 heterocycles. The van der Waals surface area contributed by atoms with Gasteiger partial charge in [0.15, 0.2) is 6.04 Å². The maximum Gasteiger partial charge on any atom is 0.338 e. The number of fused-ring (bicyclic) bond motifs is 5. The molecule has 0 aromatic rings. The summed E-state index contributed by atoms with van der Waals surface area (Å²) < 4.78 is 6.05. The minimum atomic E-state index is -0.292. The zero-order valence-corrected chi connectivity index (χ0v) is 30.7. The Balaban J connectivity index is 1.17. The van der Waals surface area contributed by atoms with E-state index in [9.17, 15) is 9.59 Å². The van der Waals surface area contributed by atoms with E-state index in [2.05, 4.69) is 56.7 Å². The Bertz CT molecular complexity index is 1100. The second-order valence-electron chi connectivity index (χ2n) is 17.0. The van der Waals surface area contributed by atoms with Crippen LogP contribution in [0.4, 0.5) is 0 Å². The Morgan fingerprint density at radius 2 is 1.77 bits per heavy atom. The van der Waals surface area contributed by atoms with Crippen LogP contribution in [0.25, 0.3) is 0 Å². The van der Waals surface area contributed by atoms with E-state index < -0.39 is 0 Å². The molecule has 0 unspecified atom stereocenters. The third-order valence-corrected chi connectivity index (χ3v) is 13.3. The number of unbranched alkanes of at least 4 members (excludes halogenated alkanes) is 2. The first-order valence-corrected chi connectivity index (χ1v) is 19.5. The highest BCUT2D eigenvalue weighted by molar-refractivity contribution is 5.80. The number of hydrogen-bond acceptors (Lipinski definition) is 3. The first kappa shape index (κ1) is 37.7. The number of hydrogen-bond donors (Lipinski definition) is 5. The quantitative estimate of drug-likeness (QED) is 0.0518. The molecular weight excluding hydrogens is 586 g/mol. The summed E-state index contributed by atoms with van der Waals surface area (Å²) in [6.07, 6.45) is 21.2. The van der Waals surface area contributed by atoms with Gasteiger partial charge >= 0.3 is 11.9 Å². The van der Waals surface area contributed by atoms with Crippen molar-refractivity contribution < 1.29 is 25.1 Å². The Morgan fingerprint density at radius 3 is 2.51 bits per heavy atom. The fourth-order valence-electron chi connectivity index (χ4n) is 10.6. The monoisotopic (exact) mass is 658 g/mol. The molecule has 47 heavy (non-hydrogen) atoms. The van der Waals surface area contributed by atoms with Crippen molar-refractivity contribution in [2.45, 2.75) is 156 Å². The van der Waals surface area contributed by atoms with Gasteiger partial charge < -0.3 is 15.8 Å². The summed E-state index contributed by atoms with van der Waals surface area (Å²) in [5.41, 5.74) is 17.1. The number of rotatable bonds is 17. The largest absolute Gasteiger partial charge is 0.462 e. The molecule has 1 amide bonds. The van der Waals surface area contributed by atoms with Crippen LogP contribution in [0.15, 0.2) is 11.6 Å². The number of carbonyl (C=O) groups is 2. The van der Waals surface area contributed by atoms with Gasteiger partial charge in [0.1, 0.15) is 6.10 Å². The molecule has 4 rings (SSSR count). The van der Waals surface area contributed by atoms with Gasteiger partial charge in [-0.3, -0.25) is 26.0 Å². The van der Waals surface area contributed by atoms with Crippen LogP contribution in [0.5, 0.6) is 0 Å². The minimum absolute atomic E-state index is 0.0254. The van der Waals surface area contributed by atoms with Crippen LogP contribution in [0.3, 0.4) is 0 Å². The SMILES string of the molecule is CC(C)CCC[C@@H](C)[C@H]1CC[C@H]2[C@@H]3CC=C4C[C@@H](OC(=O)CCCCCNC(=O)[C@@H]([NH3+])CCC[NH+]=C(N)N)CC[C@]4(C)[C@H]3CC[C@]12C. The van der Waals surface area contributed by atoms with Gasteiger partial charge in [0.05, 0.1) is 6.54 Å². The maximum absolute atomic E-state index is 12.8.